The maximum absolute atomic E-state index is 5.22. The summed E-state index contributed by atoms with van der Waals surface area (Å²) in [6, 6.07) is 0. The minimum absolute atomic E-state index is 0.687. The molecule has 5 heteroatoms. The fraction of sp³-hybridized carbons (Fsp3) is 0.125. The van der Waals surface area contributed by atoms with Crippen molar-refractivity contribution in [1.82, 2.24) is 19.9 Å². The highest BCUT2D eigenvalue weighted by Gasteiger charge is 2.00. The topological polar surface area (TPSA) is 80.5 Å². The minimum atomic E-state index is 0.687. The minimum Gasteiger partial charge on any atom is -0.405 e. The van der Waals surface area contributed by atoms with Crippen molar-refractivity contribution in [2.75, 3.05) is 0 Å². The van der Waals surface area contributed by atoms with Crippen LogP contribution in [0.4, 0.5) is 0 Å². The number of nitrogens with zero attached hydrogens (tertiary/aromatic N) is 3. The molecule has 0 fully saturated rings. The van der Waals surface area contributed by atoms with Crippen molar-refractivity contribution in [3.05, 3.63) is 30.6 Å². The zero-order chi connectivity index (χ0) is 9.10. The van der Waals surface area contributed by atoms with Crippen molar-refractivity contribution in [1.29, 1.82) is 0 Å². The first-order valence-corrected chi connectivity index (χ1v) is 3.91. The lowest BCUT2D eigenvalue weighted by molar-refractivity contribution is 1.06. The predicted octanol–water partition coefficient (Wildman–Crippen LogP) is 0.368. The van der Waals surface area contributed by atoms with Gasteiger partial charge in [0.2, 0.25) is 0 Å². The van der Waals surface area contributed by atoms with E-state index in [1.54, 1.807) is 6.20 Å². The fourth-order valence-electron chi connectivity index (χ4n) is 1.09. The molecule has 0 aliphatic heterocycles. The van der Waals surface area contributed by atoms with Gasteiger partial charge in [-0.2, -0.15) is 0 Å². The lowest BCUT2D eigenvalue weighted by Crippen LogP contribution is -1.85. The summed E-state index contributed by atoms with van der Waals surface area (Å²) >= 11 is 0. The Kier molecular flexibility index (Phi) is 1.91. The van der Waals surface area contributed by atoms with E-state index in [4.69, 9.17) is 5.73 Å². The van der Waals surface area contributed by atoms with Gasteiger partial charge in [-0.15, -0.1) is 0 Å². The highest BCUT2D eigenvalue weighted by Crippen LogP contribution is 2.06. The van der Waals surface area contributed by atoms with Gasteiger partial charge in [-0.25, -0.2) is 15.0 Å². The molecule has 2 aromatic rings. The maximum Gasteiger partial charge on any atom is 0.180 e. The van der Waals surface area contributed by atoms with Gasteiger partial charge in [-0.05, 0) is 6.20 Å². The first kappa shape index (κ1) is 7.72. The van der Waals surface area contributed by atoms with Crippen LogP contribution in [-0.4, -0.2) is 19.9 Å². The van der Waals surface area contributed by atoms with Crippen LogP contribution in [0.3, 0.4) is 0 Å². The van der Waals surface area contributed by atoms with Gasteiger partial charge in [0.25, 0.3) is 0 Å². The summed E-state index contributed by atoms with van der Waals surface area (Å²) in [4.78, 5) is 15.2. The molecule has 0 spiro atoms. The van der Waals surface area contributed by atoms with Gasteiger partial charge in [0.1, 0.15) is 17.7 Å². The number of aromatic amines is 1. The van der Waals surface area contributed by atoms with Crippen LogP contribution in [0.25, 0.3) is 11.2 Å². The summed E-state index contributed by atoms with van der Waals surface area (Å²) in [7, 11) is 0. The SMILES string of the molecule is NC=CCc1nc2ncncc2[nH]1. The van der Waals surface area contributed by atoms with E-state index in [9.17, 15) is 0 Å². The van der Waals surface area contributed by atoms with Crippen LogP contribution < -0.4 is 5.73 Å². The molecule has 2 aromatic heterocycles. The van der Waals surface area contributed by atoms with Crippen molar-refractivity contribution < 1.29 is 0 Å². The molecular formula is C8H9N5. The van der Waals surface area contributed by atoms with E-state index in [0.717, 1.165) is 11.3 Å². The van der Waals surface area contributed by atoms with Gasteiger partial charge in [-0.3, -0.25) is 0 Å². The smallest absolute Gasteiger partial charge is 0.180 e. The summed E-state index contributed by atoms with van der Waals surface area (Å²) in [6.45, 7) is 0. The quantitative estimate of drug-likeness (QED) is 0.690. The molecule has 0 saturated carbocycles. The Morgan fingerprint density at radius 2 is 2.46 bits per heavy atom. The lowest BCUT2D eigenvalue weighted by Gasteiger charge is -1.84. The molecule has 3 N–H and O–H groups in total. The van der Waals surface area contributed by atoms with Crippen molar-refractivity contribution in [2.24, 2.45) is 5.73 Å². The normalized spacial score (nSPS) is 11.4. The molecule has 2 heterocycles. The fourth-order valence-corrected chi connectivity index (χ4v) is 1.09. The molecule has 0 saturated heterocycles. The van der Waals surface area contributed by atoms with Gasteiger partial charge in [0.05, 0.1) is 6.20 Å². The Morgan fingerprint density at radius 3 is 3.23 bits per heavy atom. The second kappa shape index (κ2) is 3.22. The average molecular weight is 175 g/mol. The number of fused-ring (bicyclic) bond motifs is 1. The van der Waals surface area contributed by atoms with Crippen molar-refractivity contribution in [2.45, 2.75) is 6.42 Å². The number of imidazole rings is 1. The number of allylic oxidation sites excluding steroid dienone is 1. The van der Waals surface area contributed by atoms with E-state index in [1.165, 1.54) is 12.5 Å². The van der Waals surface area contributed by atoms with E-state index in [2.05, 4.69) is 19.9 Å². The van der Waals surface area contributed by atoms with Crippen LogP contribution in [0, 0.1) is 0 Å². The number of nitrogens with two attached hydrogens (primary N) is 1. The van der Waals surface area contributed by atoms with Crippen LogP contribution in [0.5, 0.6) is 0 Å². The third-order valence-electron chi connectivity index (χ3n) is 1.66. The van der Waals surface area contributed by atoms with Gasteiger partial charge in [-0.1, -0.05) is 6.08 Å². The highest BCUT2D eigenvalue weighted by atomic mass is 15.0. The first-order chi connectivity index (χ1) is 6.40. The summed E-state index contributed by atoms with van der Waals surface area (Å²) in [5.74, 6) is 0.845. The second-order valence-electron chi connectivity index (χ2n) is 2.58. The molecule has 0 amide bonds. The van der Waals surface area contributed by atoms with E-state index in [-0.39, 0.29) is 0 Å². The second-order valence-corrected chi connectivity index (χ2v) is 2.58. The molecule has 0 radical (unpaired) electrons. The Morgan fingerprint density at radius 1 is 1.54 bits per heavy atom. The standard InChI is InChI=1S/C8H9N5/c9-3-1-2-7-12-6-4-10-5-11-8(6)13-7/h1,3-5H,2,9H2,(H,10,11,12,13). The molecule has 13 heavy (non-hydrogen) atoms. The number of rotatable bonds is 2. The molecular weight excluding hydrogens is 166 g/mol. The van der Waals surface area contributed by atoms with Gasteiger partial charge >= 0.3 is 0 Å². The van der Waals surface area contributed by atoms with Crippen LogP contribution in [-0.2, 0) is 6.42 Å². The lowest BCUT2D eigenvalue weighted by atomic mass is 10.4. The highest BCUT2D eigenvalue weighted by molar-refractivity contribution is 5.68. The van der Waals surface area contributed by atoms with E-state index < -0.39 is 0 Å². The molecule has 0 unspecified atom stereocenters. The van der Waals surface area contributed by atoms with Crippen LogP contribution in [0.1, 0.15) is 5.82 Å². The Bertz CT molecular complexity index is 398. The zero-order valence-electron chi connectivity index (χ0n) is 6.94. The monoisotopic (exact) mass is 175 g/mol. The number of hydrogen-bond acceptors (Lipinski definition) is 4. The summed E-state index contributed by atoms with van der Waals surface area (Å²) in [5, 5.41) is 0. The molecule has 0 aliphatic rings. The molecule has 66 valence electrons. The molecule has 0 atom stereocenters. The molecule has 5 nitrogen and oxygen atoms in total. The Balaban J connectivity index is 2.38. The van der Waals surface area contributed by atoms with Crippen molar-refractivity contribution >= 4 is 11.2 Å². The molecule has 0 bridgehead atoms. The summed E-state index contributed by atoms with van der Waals surface area (Å²) < 4.78 is 0. The predicted molar refractivity (Wildman–Crippen MR) is 48.7 cm³/mol. The number of aromatic nitrogens is 4. The zero-order valence-corrected chi connectivity index (χ0v) is 6.94. The van der Waals surface area contributed by atoms with Crippen LogP contribution in [0.2, 0.25) is 0 Å². The van der Waals surface area contributed by atoms with Gasteiger partial charge in [0, 0.05) is 6.42 Å². The Hall–Kier alpha value is -1.91. The van der Waals surface area contributed by atoms with Gasteiger partial charge < -0.3 is 10.7 Å². The van der Waals surface area contributed by atoms with Crippen molar-refractivity contribution in [3.63, 3.8) is 0 Å². The maximum atomic E-state index is 5.22. The van der Waals surface area contributed by atoms with Crippen LogP contribution >= 0.6 is 0 Å². The van der Waals surface area contributed by atoms with Crippen molar-refractivity contribution in [3.8, 4) is 0 Å². The van der Waals surface area contributed by atoms with Crippen LogP contribution in [0.15, 0.2) is 24.8 Å². The van der Waals surface area contributed by atoms with E-state index >= 15 is 0 Å². The third-order valence-corrected chi connectivity index (χ3v) is 1.66. The number of hydrogen-bond donors (Lipinski definition) is 2. The third kappa shape index (κ3) is 1.48. The Labute approximate surface area is 74.7 Å². The number of nitrogens with one attached hydrogen (secondary N) is 1. The molecule has 0 aliphatic carbocycles. The largest absolute Gasteiger partial charge is 0.405 e. The van der Waals surface area contributed by atoms with E-state index in [1.807, 2.05) is 6.08 Å². The number of H-pyrrole nitrogens is 1. The first-order valence-electron chi connectivity index (χ1n) is 3.91. The summed E-state index contributed by atoms with van der Waals surface area (Å²) in [6.07, 6.45) is 7.19. The van der Waals surface area contributed by atoms with E-state index in [0.29, 0.717) is 12.1 Å². The molecule has 2 rings (SSSR count). The molecule has 0 aromatic carbocycles. The van der Waals surface area contributed by atoms with Gasteiger partial charge in [0.15, 0.2) is 5.65 Å². The summed E-state index contributed by atoms with van der Waals surface area (Å²) in [5.41, 5.74) is 6.76. The average Bonchev–Trinajstić information content (AvgIpc) is 2.57.